The van der Waals surface area contributed by atoms with E-state index in [2.05, 4.69) is 32.7 Å². The van der Waals surface area contributed by atoms with Crippen molar-refractivity contribution < 1.29 is 19.1 Å². The van der Waals surface area contributed by atoms with E-state index in [-0.39, 0.29) is 12.5 Å². The number of H-pyrrole nitrogens is 1. The summed E-state index contributed by atoms with van der Waals surface area (Å²) in [5, 5.41) is 11.7. The van der Waals surface area contributed by atoms with Crippen LogP contribution in [0.4, 0.5) is 4.79 Å². The van der Waals surface area contributed by atoms with Gasteiger partial charge in [-0.2, -0.15) is 5.10 Å². The Hall–Kier alpha value is -3.80. The zero-order chi connectivity index (χ0) is 20.8. The Morgan fingerprint density at radius 2 is 2.07 bits per heavy atom. The molecule has 0 radical (unpaired) electrons. The molecular weight excluding hydrogens is 374 g/mol. The molecule has 1 fully saturated rings. The number of carbonyl (C=O) groups is 3. The molecule has 1 saturated heterocycles. The molecule has 0 saturated carbocycles. The predicted molar refractivity (Wildman–Crippen MR) is 102 cm³/mol. The average Bonchev–Trinajstić information content (AvgIpc) is 3.28. The molecule has 148 valence electrons. The van der Waals surface area contributed by atoms with Crippen molar-refractivity contribution in [1.82, 2.24) is 25.7 Å². The number of benzene rings is 1. The lowest BCUT2D eigenvalue weighted by Gasteiger charge is -2.26. The topological polar surface area (TPSA) is 116 Å². The van der Waals surface area contributed by atoms with Gasteiger partial charge in [-0.05, 0) is 31.5 Å². The summed E-state index contributed by atoms with van der Waals surface area (Å²) in [6, 6.07) is 4.62. The lowest BCUT2D eigenvalue weighted by atomic mass is 9.99. The second-order valence-electron chi connectivity index (χ2n) is 7.06. The maximum absolute atomic E-state index is 12.9. The Bertz CT molecular complexity index is 1090. The number of imide groups is 1. The summed E-state index contributed by atoms with van der Waals surface area (Å²) in [5.41, 5.74) is 1.89. The van der Waals surface area contributed by atoms with Gasteiger partial charge in [0.15, 0.2) is 0 Å². The zero-order valence-electron chi connectivity index (χ0n) is 16.2. The first-order valence-corrected chi connectivity index (χ1v) is 8.97. The van der Waals surface area contributed by atoms with E-state index in [1.807, 2.05) is 13.0 Å². The summed E-state index contributed by atoms with van der Waals surface area (Å²) in [4.78, 5) is 38.9. The van der Waals surface area contributed by atoms with Crippen molar-refractivity contribution in [1.29, 1.82) is 0 Å². The molecule has 2 aliphatic rings. The number of aryl methyl sites for hydroxylation is 2. The van der Waals surface area contributed by atoms with Crippen LogP contribution in [-0.4, -0.2) is 52.1 Å². The van der Waals surface area contributed by atoms with Crippen LogP contribution in [0.25, 0.3) is 0 Å². The Morgan fingerprint density at radius 1 is 1.28 bits per heavy atom. The van der Waals surface area contributed by atoms with Crippen LogP contribution in [0.1, 0.15) is 32.9 Å². The zero-order valence-corrected chi connectivity index (χ0v) is 16.2. The fourth-order valence-corrected chi connectivity index (χ4v) is 3.52. The van der Waals surface area contributed by atoms with Gasteiger partial charge >= 0.3 is 6.03 Å². The Morgan fingerprint density at radius 3 is 2.69 bits per heavy atom. The van der Waals surface area contributed by atoms with Crippen molar-refractivity contribution in [2.45, 2.75) is 25.9 Å². The highest BCUT2D eigenvalue weighted by Gasteiger charge is 2.48. The molecule has 0 unspecified atom stereocenters. The van der Waals surface area contributed by atoms with Gasteiger partial charge in [0.25, 0.3) is 11.8 Å². The van der Waals surface area contributed by atoms with Gasteiger partial charge in [-0.25, -0.2) is 4.79 Å². The van der Waals surface area contributed by atoms with Gasteiger partial charge in [0, 0.05) is 17.8 Å². The minimum Gasteiger partial charge on any atom is -0.497 e. The third-order valence-corrected chi connectivity index (χ3v) is 5.09. The largest absolute Gasteiger partial charge is 0.497 e. The molecule has 2 aliphatic heterocycles. The number of amides is 4. The summed E-state index contributed by atoms with van der Waals surface area (Å²) < 4.78 is 5.19. The third-order valence-electron chi connectivity index (χ3n) is 5.09. The minimum absolute atomic E-state index is 0.0800. The van der Waals surface area contributed by atoms with Crippen LogP contribution < -0.4 is 15.4 Å². The normalized spacial score (nSPS) is 20.1. The van der Waals surface area contributed by atoms with Crippen LogP contribution in [0, 0.1) is 25.7 Å². The lowest BCUT2D eigenvalue weighted by Crippen LogP contribution is -2.54. The van der Waals surface area contributed by atoms with Crippen LogP contribution in [0.2, 0.25) is 0 Å². The van der Waals surface area contributed by atoms with Gasteiger partial charge < -0.3 is 15.0 Å². The molecule has 0 aliphatic carbocycles. The van der Waals surface area contributed by atoms with Crippen LogP contribution >= 0.6 is 0 Å². The second-order valence-corrected chi connectivity index (χ2v) is 7.06. The van der Waals surface area contributed by atoms with Crippen molar-refractivity contribution in [3.63, 3.8) is 0 Å². The molecule has 1 aromatic carbocycles. The van der Waals surface area contributed by atoms with Crippen molar-refractivity contribution in [2.24, 2.45) is 0 Å². The molecule has 1 aromatic heterocycles. The highest BCUT2D eigenvalue weighted by atomic mass is 16.5. The van der Waals surface area contributed by atoms with E-state index in [0.29, 0.717) is 29.1 Å². The van der Waals surface area contributed by atoms with Gasteiger partial charge in [-0.15, -0.1) is 0 Å². The van der Waals surface area contributed by atoms with E-state index in [1.54, 1.807) is 19.1 Å². The first kappa shape index (κ1) is 18.6. The fraction of sp³-hybridized carbons (Fsp3) is 0.300. The van der Waals surface area contributed by atoms with Crippen LogP contribution in [-0.2, 0) is 11.3 Å². The molecule has 3 N–H and O–H groups in total. The summed E-state index contributed by atoms with van der Waals surface area (Å²) in [7, 11) is 1.53. The SMILES string of the molecule is COc1ccc2c(c1)C(=O)N(C[C@@]1(C#Cc3c(C)n[nH]c3C)NC(=O)NC1=O)C2. The highest BCUT2D eigenvalue weighted by Crippen LogP contribution is 2.28. The number of nitrogens with one attached hydrogen (secondary N) is 3. The number of ether oxygens (including phenoxy) is 1. The number of fused-ring (bicyclic) bond motifs is 1. The number of nitrogens with zero attached hydrogens (tertiary/aromatic N) is 2. The van der Waals surface area contributed by atoms with Gasteiger partial charge in [-0.3, -0.25) is 20.0 Å². The fourth-order valence-electron chi connectivity index (χ4n) is 3.52. The summed E-state index contributed by atoms with van der Waals surface area (Å²) in [6.45, 7) is 3.84. The van der Waals surface area contributed by atoms with E-state index < -0.39 is 17.5 Å². The third kappa shape index (κ3) is 3.08. The van der Waals surface area contributed by atoms with Gasteiger partial charge in [0.2, 0.25) is 5.54 Å². The Kier molecular flexibility index (Phi) is 4.27. The molecule has 0 bridgehead atoms. The van der Waals surface area contributed by atoms with Gasteiger partial charge in [-0.1, -0.05) is 17.9 Å². The Labute approximate surface area is 166 Å². The van der Waals surface area contributed by atoms with E-state index in [9.17, 15) is 14.4 Å². The van der Waals surface area contributed by atoms with Gasteiger partial charge in [0.05, 0.1) is 24.9 Å². The molecule has 1 atom stereocenters. The van der Waals surface area contributed by atoms with Crippen LogP contribution in [0.3, 0.4) is 0 Å². The van der Waals surface area contributed by atoms with E-state index in [0.717, 1.165) is 11.3 Å². The van der Waals surface area contributed by atoms with Crippen LogP contribution in [0.5, 0.6) is 5.75 Å². The molecule has 9 nitrogen and oxygen atoms in total. The number of aromatic nitrogens is 2. The summed E-state index contributed by atoms with van der Waals surface area (Å²) in [5.74, 6) is 5.57. The predicted octanol–water partition coefficient (Wildman–Crippen LogP) is 0.621. The van der Waals surface area contributed by atoms with Crippen molar-refractivity contribution in [3.8, 4) is 17.6 Å². The van der Waals surface area contributed by atoms with E-state index >= 15 is 0 Å². The number of hydrogen-bond acceptors (Lipinski definition) is 5. The maximum Gasteiger partial charge on any atom is 0.323 e. The first-order valence-electron chi connectivity index (χ1n) is 8.97. The minimum atomic E-state index is -1.55. The number of aromatic amines is 1. The lowest BCUT2D eigenvalue weighted by molar-refractivity contribution is -0.122. The quantitative estimate of drug-likeness (QED) is 0.522. The highest BCUT2D eigenvalue weighted by molar-refractivity contribution is 6.10. The number of rotatable bonds is 3. The number of urea groups is 1. The average molecular weight is 393 g/mol. The molecule has 4 rings (SSSR count). The molecule has 3 heterocycles. The molecular formula is C20H19N5O4. The maximum atomic E-state index is 12.9. The first-order chi connectivity index (χ1) is 13.8. The van der Waals surface area contributed by atoms with Crippen LogP contribution in [0.15, 0.2) is 18.2 Å². The summed E-state index contributed by atoms with van der Waals surface area (Å²) in [6.07, 6.45) is 0. The van der Waals surface area contributed by atoms with E-state index in [1.165, 1.54) is 12.0 Å². The van der Waals surface area contributed by atoms with Gasteiger partial charge in [0.1, 0.15) is 5.75 Å². The van der Waals surface area contributed by atoms with Crippen molar-refractivity contribution in [2.75, 3.05) is 13.7 Å². The number of hydrogen-bond donors (Lipinski definition) is 3. The molecule has 29 heavy (non-hydrogen) atoms. The van der Waals surface area contributed by atoms with E-state index in [4.69, 9.17) is 4.74 Å². The molecule has 9 heteroatoms. The molecule has 0 spiro atoms. The Balaban J connectivity index is 1.67. The standard InChI is InChI=1S/C20H19N5O4/c1-11-15(12(2)24-23-11)6-7-20(18(27)21-19(28)22-20)10-25-9-13-4-5-14(29-3)8-16(13)17(25)26/h4-5,8H,9-10H2,1-3H3,(H,23,24)(H2,21,22,27,28)/t20-/m1/s1. The van der Waals surface area contributed by atoms with Crippen molar-refractivity contribution >= 4 is 17.8 Å². The van der Waals surface area contributed by atoms with Crippen molar-refractivity contribution in [3.05, 3.63) is 46.3 Å². The molecule has 2 aromatic rings. The number of carbonyl (C=O) groups excluding carboxylic acids is 3. The molecule has 4 amide bonds. The second kappa shape index (κ2) is 6.67. The number of methoxy groups -OCH3 is 1. The monoisotopic (exact) mass is 393 g/mol. The smallest absolute Gasteiger partial charge is 0.323 e. The summed E-state index contributed by atoms with van der Waals surface area (Å²) >= 11 is 0.